The molecule has 0 amide bonds. The summed E-state index contributed by atoms with van der Waals surface area (Å²) in [6.07, 6.45) is 0. The Bertz CT molecular complexity index is 880. The third kappa shape index (κ3) is 3.96. The maximum atomic E-state index is 13.5. The van der Waals surface area contributed by atoms with E-state index in [-0.39, 0.29) is 0 Å². The van der Waals surface area contributed by atoms with Crippen LogP contribution in [0.3, 0.4) is 0 Å². The molecule has 134 valence electrons. The summed E-state index contributed by atoms with van der Waals surface area (Å²) in [6.45, 7) is 5.70. The van der Waals surface area contributed by atoms with Crippen LogP contribution in [0.4, 0.5) is 26.1 Å². The molecule has 0 bridgehead atoms. The molecule has 0 saturated carbocycles. The maximum absolute atomic E-state index is 13.5. The summed E-state index contributed by atoms with van der Waals surface area (Å²) < 4.78 is 26.6. The highest BCUT2D eigenvalue weighted by atomic mass is 19.2. The van der Waals surface area contributed by atoms with Crippen molar-refractivity contribution in [3.8, 4) is 11.4 Å². The molecule has 2 aromatic carbocycles. The third-order valence-corrected chi connectivity index (χ3v) is 4.02. The fourth-order valence-corrected chi connectivity index (χ4v) is 2.65. The number of aromatic nitrogens is 2. The van der Waals surface area contributed by atoms with Crippen LogP contribution in [-0.4, -0.2) is 23.1 Å². The Labute approximate surface area is 151 Å². The maximum Gasteiger partial charge on any atom is 0.163 e. The average molecular weight is 354 g/mol. The van der Waals surface area contributed by atoms with Gasteiger partial charge in [0.2, 0.25) is 0 Å². The second-order valence-corrected chi connectivity index (χ2v) is 5.73. The van der Waals surface area contributed by atoms with Crippen molar-refractivity contribution in [2.45, 2.75) is 13.8 Å². The lowest BCUT2D eigenvalue weighted by molar-refractivity contribution is 0.509. The van der Waals surface area contributed by atoms with E-state index in [1.165, 1.54) is 6.07 Å². The quantitative estimate of drug-likeness (QED) is 0.675. The Morgan fingerprint density at radius 3 is 2.27 bits per heavy atom. The van der Waals surface area contributed by atoms with E-state index in [4.69, 9.17) is 0 Å². The molecule has 3 aromatic rings. The Morgan fingerprint density at radius 2 is 1.62 bits per heavy atom. The van der Waals surface area contributed by atoms with Crippen molar-refractivity contribution < 1.29 is 8.78 Å². The van der Waals surface area contributed by atoms with Gasteiger partial charge in [-0.1, -0.05) is 30.3 Å². The third-order valence-electron chi connectivity index (χ3n) is 4.02. The van der Waals surface area contributed by atoms with Crippen LogP contribution >= 0.6 is 0 Å². The number of benzene rings is 2. The van der Waals surface area contributed by atoms with E-state index < -0.39 is 11.6 Å². The number of hydrogen-bond donors (Lipinski definition) is 1. The predicted octanol–water partition coefficient (Wildman–Crippen LogP) is 5.01. The normalized spacial score (nSPS) is 10.6. The fraction of sp³-hybridized carbons (Fsp3) is 0.200. The zero-order valence-electron chi connectivity index (χ0n) is 14.7. The van der Waals surface area contributed by atoms with E-state index in [1.54, 1.807) is 6.07 Å². The number of anilines is 3. The molecule has 26 heavy (non-hydrogen) atoms. The van der Waals surface area contributed by atoms with E-state index in [0.29, 0.717) is 17.3 Å². The fourth-order valence-electron chi connectivity index (χ4n) is 2.65. The van der Waals surface area contributed by atoms with Gasteiger partial charge in [-0.25, -0.2) is 18.7 Å². The van der Waals surface area contributed by atoms with Gasteiger partial charge in [0.05, 0.1) is 0 Å². The largest absolute Gasteiger partial charge is 0.357 e. The van der Waals surface area contributed by atoms with Gasteiger partial charge < -0.3 is 10.2 Å². The first kappa shape index (κ1) is 17.8. The van der Waals surface area contributed by atoms with Crippen molar-refractivity contribution in [1.82, 2.24) is 9.97 Å². The van der Waals surface area contributed by atoms with Gasteiger partial charge in [-0.2, -0.15) is 0 Å². The van der Waals surface area contributed by atoms with Gasteiger partial charge in [0.1, 0.15) is 11.6 Å². The molecule has 0 aliphatic heterocycles. The molecular formula is C20H20F2N4. The van der Waals surface area contributed by atoms with Gasteiger partial charge in [-0.05, 0) is 26.0 Å². The summed E-state index contributed by atoms with van der Waals surface area (Å²) in [4.78, 5) is 11.3. The summed E-state index contributed by atoms with van der Waals surface area (Å²) in [6, 6.07) is 15.1. The minimum absolute atomic E-state index is 0.423. The Hall–Kier alpha value is -3.02. The Balaban J connectivity index is 2.02. The van der Waals surface area contributed by atoms with Crippen LogP contribution in [0.5, 0.6) is 0 Å². The van der Waals surface area contributed by atoms with Crippen LogP contribution < -0.4 is 10.2 Å². The lowest BCUT2D eigenvalue weighted by Crippen LogP contribution is -2.23. The molecule has 6 heteroatoms. The molecule has 0 aliphatic rings. The lowest BCUT2D eigenvalue weighted by Gasteiger charge is -2.21. The van der Waals surface area contributed by atoms with Crippen molar-refractivity contribution in [3.05, 3.63) is 66.2 Å². The van der Waals surface area contributed by atoms with Crippen LogP contribution in [-0.2, 0) is 0 Å². The van der Waals surface area contributed by atoms with E-state index in [9.17, 15) is 8.78 Å². The van der Waals surface area contributed by atoms with Crippen molar-refractivity contribution in [1.29, 1.82) is 0 Å². The van der Waals surface area contributed by atoms with E-state index >= 15 is 0 Å². The molecule has 0 unspecified atom stereocenters. The van der Waals surface area contributed by atoms with Gasteiger partial charge >= 0.3 is 0 Å². The number of nitrogens with one attached hydrogen (secondary N) is 1. The second kappa shape index (κ2) is 7.91. The molecule has 0 fully saturated rings. The predicted molar refractivity (Wildman–Crippen MR) is 101 cm³/mol. The standard InChI is InChI=1S/C20H20F2N4/c1-3-26(4-2)19-13-18(23-15-10-11-16(21)17(22)12-15)24-20(25-19)14-8-6-5-7-9-14/h5-13H,3-4H2,1-2H3,(H,23,24,25). The molecule has 0 atom stereocenters. The zero-order valence-corrected chi connectivity index (χ0v) is 14.7. The number of nitrogens with zero attached hydrogens (tertiary/aromatic N) is 3. The molecule has 0 aliphatic carbocycles. The summed E-state index contributed by atoms with van der Waals surface area (Å²) in [5.74, 6) is 0.0733. The number of halogens is 2. The Morgan fingerprint density at radius 1 is 0.885 bits per heavy atom. The molecule has 3 rings (SSSR count). The lowest BCUT2D eigenvalue weighted by atomic mass is 10.2. The SMILES string of the molecule is CCN(CC)c1cc(Nc2ccc(F)c(F)c2)nc(-c2ccccc2)n1. The highest BCUT2D eigenvalue weighted by Crippen LogP contribution is 2.25. The van der Waals surface area contributed by atoms with Gasteiger partial charge in [-0.15, -0.1) is 0 Å². The molecule has 1 aromatic heterocycles. The first-order valence-electron chi connectivity index (χ1n) is 8.52. The summed E-state index contributed by atoms with van der Waals surface area (Å²) in [5, 5.41) is 3.04. The van der Waals surface area contributed by atoms with E-state index in [1.807, 2.05) is 30.3 Å². The van der Waals surface area contributed by atoms with Crippen molar-refractivity contribution in [2.75, 3.05) is 23.3 Å². The highest BCUT2D eigenvalue weighted by Gasteiger charge is 2.12. The summed E-state index contributed by atoms with van der Waals surface area (Å²) >= 11 is 0. The van der Waals surface area contributed by atoms with Crippen LogP contribution in [0, 0.1) is 11.6 Å². The first-order valence-corrected chi connectivity index (χ1v) is 8.52. The molecule has 0 spiro atoms. The molecule has 4 nitrogen and oxygen atoms in total. The monoisotopic (exact) mass is 354 g/mol. The van der Waals surface area contributed by atoms with Crippen molar-refractivity contribution in [3.63, 3.8) is 0 Å². The van der Waals surface area contributed by atoms with E-state index in [2.05, 4.69) is 34.0 Å². The summed E-state index contributed by atoms with van der Waals surface area (Å²) in [5.41, 5.74) is 1.31. The first-order chi connectivity index (χ1) is 12.6. The van der Waals surface area contributed by atoms with Crippen LogP contribution in [0.25, 0.3) is 11.4 Å². The van der Waals surface area contributed by atoms with Crippen molar-refractivity contribution >= 4 is 17.3 Å². The van der Waals surface area contributed by atoms with Gasteiger partial charge in [0.15, 0.2) is 17.5 Å². The van der Waals surface area contributed by atoms with Gasteiger partial charge in [0.25, 0.3) is 0 Å². The molecule has 0 radical (unpaired) electrons. The highest BCUT2D eigenvalue weighted by molar-refractivity contribution is 5.65. The number of hydrogen-bond acceptors (Lipinski definition) is 4. The van der Waals surface area contributed by atoms with Crippen LogP contribution in [0.15, 0.2) is 54.6 Å². The zero-order chi connectivity index (χ0) is 18.5. The summed E-state index contributed by atoms with van der Waals surface area (Å²) in [7, 11) is 0. The molecule has 1 heterocycles. The minimum Gasteiger partial charge on any atom is -0.357 e. The van der Waals surface area contributed by atoms with Gasteiger partial charge in [0, 0.05) is 36.5 Å². The average Bonchev–Trinajstić information content (AvgIpc) is 2.66. The molecule has 1 N–H and O–H groups in total. The van der Waals surface area contributed by atoms with Crippen LogP contribution in [0.1, 0.15) is 13.8 Å². The van der Waals surface area contributed by atoms with Crippen molar-refractivity contribution in [2.24, 2.45) is 0 Å². The Kier molecular flexibility index (Phi) is 5.41. The minimum atomic E-state index is -0.906. The smallest absolute Gasteiger partial charge is 0.163 e. The topological polar surface area (TPSA) is 41.0 Å². The second-order valence-electron chi connectivity index (χ2n) is 5.73. The van der Waals surface area contributed by atoms with E-state index in [0.717, 1.165) is 36.6 Å². The molecular weight excluding hydrogens is 334 g/mol. The van der Waals surface area contributed by atoms with Gasteiger partial charge in [-0.3, -0.25) is 0 Å². The molecule has 0 saturated heterocycles. The number of rotatable bonds is 6. The van der Waals surface area contributed by atoms with Crippen LogP contribution in [0.2, 0.25) is 0 Å².